The highest BCUT2D eigenvalue weighted by molar-refractivity contribution is 4.77. The molecular weight excluding hydrogens is 184 g/mol. The maximum absolute atomic E-state index is 5.98. The molecule has 2 nitrogen and oxygen atoms in total. The lowest BCUT2D eigenvalue weighted by Gasteiger charge is -2.36. The third kappa shape index (κ3) is 4.52. The Hall–Kier alpha value is -0.0800. The molecule has 1 aliphatic rings. The summed E-state index contributed by atoms with van der Waals surface area (Å²) in [5.41, 5.74) is 5.98. The normalized spacial score (nSPS) is 25.4. The second-order valence-corrected chi connectivity index (χ2v) is 4.93. The molecule has 90 valence electrons. The zero-order valence-electron chi connectivity index (χ0n) is 10.5. The summed E-state index contributed by atoms with van der Waals surface area (Å²) in [7, 11) is 0. The summed E-state index contributed by atoms with van der Waals surface area (Å²) in [6, 6.07) is 1.27. The van der Waals surface area contributed by atoms with E-state index in [1.165, 1.54) is 51.6 Å². The maximum Gasteiger partial charge on any atom is 0.00951 e. The van der Waals surface area contributed by atoms with Crippen LogP contribution in [0.15, 0.2) is 0 Å². The number of nitrogens with two attached hydrogens (primary N) is 1. The fraction of sp³-hybridized carbons (Fsp3) is 1.00. The molecule has 2 N–H and O–H groups in total. The summed E-state index contributed by atoms with van der Waals surface area (Å²) in [6.07, 6.45) is 9.23. The minimum absolute atomic E-state index is 0.411. The van der Waals surface area contributed by atoms with Gasteiger partial charge in [0.2, 0.25) is 0 Å². The van der Waals surface area contributed by atoms with Gasteiger partial charge >= 0.3 is 0 Å². The Morgan fingerprint density at radius 3 is 2.80 bits per heavy atom. The van der Waals surface area contributed by atoms with E-state index in [-0.39, 0.29) is 0 Å². The van der Waals surface area contributed by atoms with E-state index in [0.29, 0.717) is 6.04 Å². The Balaban J connectivity index is 2.28. The number of rotatable bonds is 6. The third-order valence-electron chi connectivity index (χ3n) is 3.68. The second-order valence-electron chi connectivity index (χ2n) is 4.93. The van der Waals surface area contributed by atoms with Gasteiger partial charge in [-0.05, 0) is 45.2 Å². The molecule has 0 spiro atoms. The molecule has 15 heavy (non-hydrogen) atoms. The first-order valence-electron chi connectivity index (χ1n) is 6.77. The van der Waals surface area contributed by atoms with Crippen LogP contribution in [0.3, 0.4) is 0 Å². The summed E-state index contributed by atoms with van der Waals surface area (Å²) < 4.78 is 0. The van der Waals surface area contributed by atoms with E-state index in [1.807, 2.05) is 0 Å². The SMILES string of the molecule is CCCC1CCCCN1CCC(N)CC. The van der Waals surface area contributed by atoms with Crippen LogP contribution >= 0.6 is 0 Å². The van der Waals surface area contributed by atoms with Gasteiger partial charge in [-0.2, -0.15) is 0 Å². The molecule has 0 aromatic rings. The molecule has 0 aliphatic carbocycles. The lowest BCUT2D eigenvalue weighted by atomic mass is 9.97. The van der Waals surface area contributed by atoms with Crippen molar-refractivity contribution in [2.24, 2.45) is 5.73 Å². The van der Waals surface area contributed by atoms with Crippen molar-refractivity contribution in [1.29, 1.82) is 0 Å². The molecule has 2 atom stereocenters. The van der Waals surface area contributed by atoms with Crippen molar-refractivity contribution < 1.29 is 0 Å². The molecule has 0 bridgehead atoms. The smallest absolute Gasteiger partial charge is 0.00951 e. The molecule has 1 fully saturated rings. The number of nitrogens with zero attached hydrogens (tertiary/aromatic N) is 1. The van der Waals surface area contributed by atoms with Crippen molar-refractivity contribution in [2.45, 2.75) is 70.9 Å². The number of hydrogen-bond acceptors (Lipinski definition) is 2. The Morgan fingerprint density at radius 2 is 2.13 bits per heavy atom. The maximum atomic E-state index is 5.98. The molecule has 1 rings (SSSR count). The fourth-order valence-electron chi connectivity index (χ4n) is 2.55. The van der Waals surface area contributed by atoms with Crippen molar-refractivity contribution >= 4 is 0 Å². The van der Waals surface area contributed by atoms with Crippen LogP contribution in [0, 0.1) is 0 Å². The first-order chi connectivity index (χ1) is 7.27. The number of likely N-dealkylation sites (tertiary alicyclic amines) is 1. The number of piperidine rings is 1. The van der Waals surface area contributed by atoms with E-state index >= 15 is 0 Å². The minimum Gasteiger partial charge on any atom is -0.328 e. The highest BCUT2D eigenvalue weighted by atomic mass is 15.2. The van der Waals surface area contributed by atoms with Crippen molar-refractivity contribution in [3.63, 3.8) is 0 Å². The summed E-state index contributed by atoms with van der Waals surface area (Å²) in [4.78, 5) is 2.68. The molecule has 0 radical (unpaired) electrons. The molecule has 2 heteroatoms. The zero-order valence-corrected chi connectivity index (χ0v) is 10.5. The van der Waals surface area contributed by atoms with Gasteiger partial charge in [-0.1, -0.05) is 26.7 Å². The predicted octanol–water partition coefficient (Wildman–Crippen LogP) is 2.77. The average molecular weight is 212 g/mol. The van der Waals surface area contributed by atoms with Crippen molar-refractivity contribution in [2.75, 3.05) is 13.1 Å². The summed E-state index contributed by atoms with van der Waals surface area (Å²) >= 11 is 0. The van der Waals surface area contributed by atoms with E-state index < -0.39 is 0 Å². The molecule has 1 aliphatic heterocycles. The molecular formula is C13H28N2. The highest BCUT2D eigenvalue weighted by Crippen LogP contribution is 2.21. The lowest BCUT2D eigenvalue weighted by Crippen LogP contribution is -2.41. The number of hydrogen-bond donors (Lipinski definition) is 1. The fourth-order valence-corrected chi connectivity index (χ4v) is 2.55. The molecule has 2 unspecified atom stereocenters. The highest BCUT2D eigenvalue weighted by Gasteiger charge is 2.21. The average Bonchev–Trinajstić information content (AvgIpc) is 2.28. The molecule has 1 heterocycles. The molecule has 0 amide bonds. The summed E-state index contributed by atoms with van der Waals surface area (Å²) in [5.74, 6) is 0. The molecule has 1 saturated heterocycles. The summed E-state index contributed by atoms with van der Waals surface area (Å²) in [5, 5.41) is 0. The molecule has 0 aromatic heterocycles. The van der Waals surface area contributed by atoms with Gasteiger partial charge in [0.15, 0.2) is 0 Å². The molecule has 0 saturated carbocycles. The van der Waals surface area contributed by atoms with Crippen LogP contribution in [0.2, 0.25) is 0 Å². The Bertz CT molecular complexity index is 157. The van der Waals surface area contributed by atoms with Crippen molar-refractivity contribution in [1.82, 2.24) is 4.90 Å². The van der Waals surface area contributed by atoms with E-state index in [4.69, 9.17) is 5.73 Å². The van der Waals surface area contributed by atoms with Crippen LogP contribution in [0.25, 0.3) is 0 Å². The van der Waals surface area contributed by atoms with Crippen LogP contribution in [-0.4, -0.2) is 30.1 Å². The largest absolute Gasteiger partial charge is 0.328 e. The van der Waals surface area contributed by atoms with Gasteiger partial charge in [-0.3, -0.25) is 0 Å². The summed E-state index contributed by atoms with van der Waals surface area (Å²) in [6.45, 7) is 7.01. The predicted molar refractivity (Wildman–Crippen MR) is 67.0 cm³/mol. The van der Waals surface area contributed by atoms with Gasteiger partial charge in [0, 0.05) is 12.1 Å². The van der Waals surface area contributed by atoms with Crippen molar-refractivity contribution in [3.05, 3.63) is 0 Å². The Morgan fingerprint density at radius 1 is 1.33 bits per heavy atom. The Labute approximate surface area is 95.2 Å². The van der Waals surface area contributed by atoms with E-state index in [1.54, 1.807) is 0 Å². The van der Waals surface area contributed by atoms with Gasteiger partial charge in [-0.25, -0.2) is 0 Å². The lowest BCUT2D eigenvalue weighted by molar-refractivity contribution is 0.135. The quantitative estimate of drug-likeness (QED) is 0.733. The standard InChI is InChI=1S/C13H28N2/c1-3-7-13-8-5-6-10-15(13)11-9-12(14)4-2/h12-13H,3-11,14H2,1-2H3. The van der Waals surface area contributed by atoms with Crippen LogP contribution in [0.1, 0.15) is 58.8 Å². The van der Waals surface area contributed by atoms with Crippen LogP contribution in [0.4, 0.5) is 0 Å². The Kier molecular flexibility index (Phi) is 6.26. The van der Waals surface area contributed by atoms with Gasteiger partial charge < -0.3 is 10.6 Å². The first kappa shape index (κ1) is 13.0. The molecule has 0 aromatic carbocycles. The van der Waals surface area contributed by atoms with Gasteiger partial charge in [0.05, 0.1) is 0 Å². The van der Waals surface area contributed by atoms with Crippen LogP contribution < -0.4 is 5.73 Å². The first-order valence-corrected chi connectivity index (χ1v) is 6.77. The third-order valence-corrected chi connectivity index (χ3v) is 3.68. The zero-order chi connectivity index (χ0) is 11.1. The minimum atomic E-state index is 0.411. The van der Waals surface area contributed by atoms with E-state index in [2.05, 4.69) is 18.7 Å². The van der Waals surface area contributed by atoms with E-state index in [0.717, 1.165) is 12.5 Å². The van der Waals surface area contributed by atoms with Crippen LogP contribution in [-0.2, 0) is 0 Å². The van der Waals surface area contributed by atoms with Gasteiger partial charge in [0.1, 0.15) is 0 Å². The second kappa shape index (κ2) is 7.24. The monoisotopic (exact) mass is 212 g/mol. The van der Waals surface area contributed by atoms with Gasteiger partial charge in [-0.15, -0.1) is 0 Å². The van der Waals surface area contributed by atoms with Crippen molar-refractivity contribution in [3.8, 4) is 0 Å². The van der Waals surface area contributed by atoms with E-state index in [9.17, 15) is 0 Å². The van der Waals surface area contributed by atoms with Crippen LogP contribution in [0.5, 0.6) is 0 Å². The van der Waals surface area contributed by atoms with Gasteiger partial charge in [0.25, 0.3) is 0 Å². The topological polar surface area (TPSA) is 29.3 Å².